The summed E-state index contributed by atoms with van der Waals surface area (Å²) in [7, 11) is 1.61. The molecule has 0 unspecified atom stereocenters. The van der Waals surface area contributed by atoms with Crippen molar-refractivity contribution in [3.8, 4) is 0 Å². The van der Waals surface area contributed by atoms with E-state index in [1.165, 1.54) is 20.6 Å². The van der Waals surface area contributed by atoms with Crippen molar-refractivity contribution in [2.24, 2.45) is 0 Å². The lowest BCUT2D eigenvalue weighted by Gasteiger charge is -2.17. The van der Waals surface area contributed by atoms with Crippen LogP contribution in [0.15, 0.2) is 29.8 Å². The van der Waals surface area contributed by atoms with Gasteiger partial charge in [-0.2, -0.15) is 9.38 Å². The Kier molecular flexibility index (Phi) is 4.41. The number of imidazole rings is 1. The molecular weight excluding hydrogens is 342 g/mol. The van der Waals surface area contributed by atoms with Gasteiger partial charge in [0, 0.05) is 18.1 Å². The van der Waals surface area contributed by atoms with Crippen molar-refractivity contribution in [1.29, 1.82) is 0 Å². The molecule has 0 saturated heterocycles. The number of hydrogen-bond acceptors (Lipinski definition) is 6. The number of hydrogen-bond donors (Lipinski definition) is 1. The van der Waals surface area contributed by atoms with Crippen LogP contribution in [0.2, 0.25) is 0 Å². The number of para-hydroxylation sites is 1. The van der Waals surface area contributed by atoms with Gasteiger partial charge in [0.25, 0.3) is 4.96 Å². The maximum atomic E-state index is 12.4. The lowest BCUT2D eigenvalue weighted by atomic mass is 10.1. The van der Waals surface area contributed by atoms with Crippen molar-refractivity contribution >= 4 is 39.5 Å². The van der Waals surface area contributed by atoms with E-state index in [0.717, 1.165) is 16.8 Å². The van der Waals surface area contributed by atoms with Crippen molar-refractivity contribution in [2.75, 3.05) is 23.8 Å². The molecule has 0 radical (unpaired) electrons. The van der Waals surface area contributed by atoms with E-state index < -0.39 is 4.92 Å². The fourth-order valence-corrected chi connectivity index (χ4v) is 3.37. The maximum Gasteiger partial charge on any atom is 0.373 e. The van der Waals surface area contributed by atoms with Gasteiger partial charge in [0.15, 0.2) is 0 Å². The van der Waals surface area contributed by atoms with Gasteiger partial charge in [-0.1, -0.05) is 29.5 Å². The minimum absolute atomic E-state index is 0.0422. The van der Waals surface area contributed by atoms with Crippen LogP contribution in [0.25, 0.3) is 4.96 Å². The quantitative estimate of drug-likeness (QED) is 0.558. The second-order valence-corrected chi connectivity index (χ2v) is 6.62. The maximum absolute atomic E-state index is 12.4. The van der Waals surface area contributed by atoms with Crippen molar-refractivity contribution in [1.82, 2.24) is 9.38 Å². The topological polar surface area (TPSA) is 92.8 Å². The molecule has 0 fully saturated rings. The fraction of sp³-hybridized carbons (Fsp3) is 0.250. The van der Waals surface area contributed by atoms with E-state index in [1.807, 2.05) is 32.0 Å². The highest BCUT2D eigenvalue weighted by Gasteiger charge is 2.27. The zero-order chi connectivity index (χ0) is 18.1. The molecule has 0 saturated carbocycles. The minimum Gasteiger partial charge on any atom is -0.358 e. The summed E-state index contributed by atoms with van der Waals surface area (Å²) in [5.74, 6) is -0.224. The molecule has 9 heteroatoms. The Balaban J connectivity index is 1.81. The molecule has 0 bridgehead atoms. The summed E-state index contributed by atoms with van der Waals surface area (Å²) < 4.78 is 1.42. The molecule has 3 rings (SSSR count). The number of carbonyl (C=O) groups excluding carboxylic acids is 1. The highest BCUT2D eigenvalue weighted by Crippen LogP contribution is 2.30. The van der Waals surface area contributed by atoms with E-state index >= 15 is 0 Å². The van der Waals surface area contributed by atoms with Crippen molar-refractivity contribution in [2.45, 2.75) is 13.8 Å². The number of aromatic nitrogens is 2. The second-order valence-electron chi connectivity index (χ2n) is 5.74. The zero-order valence-electron chi connectivity index (χ0n) is 14.0. The Morgan fingerprint density at radius 3 is 2.72 bits per heavy atom. The van der Waals surface area contributed by atoms with Gasteiger partial charge in [-0.15, -0.1) is 0 Å². The predicted molar refractivity (Wildman–Crippen MR) is 97.5 cm³/mol. The minimum atomic E-state index is -0.484. The molecule has 8 nitrogen and oxygen atoms in total. The predicted octanol–water partition coefficient (Wildman–Crippen LogP) is 3.00. The van der Waals surface area contributed by atoms with Crippen LogP contribution < -0.4 is 10.2 Å². The van der Waals surface area contributed by atoms with Crippen LogP contribution in [0.5, 0.6) is 0 Å². The number of rotatable bonds is 5. The van der Waals surface area contributed by atoms with Crippen molar-refractivity contribution in [3.63, 3.8) is 0 Å². The van der Waals surface area contributed by atoms with E-state index in [9.17, 15) is 14.9 Å². The Hall–Kier alpha value is -2.94. The average molecular weight is 359 g/mol. The third kappa shape index (κ3) is 3.18. The van der Waals surface area contributed by atoms with Gasteiger partial charge in [0.2, 0.25) is 11.7 Å². The molecule has 1 aromatic carbocycles. The largest absolute Gasteiger partial charge is 0.373 e. The third-order valence-corrected chi connectivity index (χ3v) is 4.64. The molecule has 0 spiro atoms. The molecule has 3 aromatic rings. The Morgan fingerprint density at radius 2 is 2.08 bits per heavy atom. The standard InChI is InChI=1S/C16H17N5O3S/c1-10-5-4-6-11(2)13(10)17-12(22)9-19(3)14-15(21(23)24)20-7-8-25-16(20)18-14/h4-8H,9H2,1-3H3,(H,17,22). The van der Waals surface area contributed by atoms with E-state index in [4.69, 9.17) is 0 Å². The van der Waals surface area contributed by atoms with Crippen LogP contribution >= 0.6 is 11.3 Å². The van der Waals surface area contributed by atoms with Gasteiger partial charge < -0.3 is 20.3 Å². The van der Waals surface area contributed by atoms with Gasteiger partial charge in [0.1, 0.15) is 6.20 Å². The molecule has 0 aliphatic rings. The summed E-state index contributed by atoms with van der Waals surface area (Å²) in [6.45, 7) is 3.79. The first kappa shape index (κ1) is 16.9. The molecule has 0 atom stereocenters. The smallest absolute Gasteiger partial charge is 0.358 e. The summed E-state index contributed by atoms with van der Waals surface area (Å²) >= 11 is 1.30. The Morgan fingerprint density at radius 1 is 1.40 bits per heavy atom. The lowest BCUT2D eigenvalue weighted by molar-refractivity contribution is -0.389. The van der Waals surface area contributed by atoms with Gasteiger partial charge in [-0.3, -0.25) is 4.79 Å². The molecule has 1 N–H and O–H groups in total. The average Bonchev–Trinajstić information content (AvgIpc) is 3.11. The number of nitro groups is 1. The summed E-state index contributed by atoms with van der Waals surface area (Å²) in [5, 5.41) is 16.0. The number of likely N-dealkylation sites (N-methyl/N-ethyl adjacent to an activating group) is 1. The van der Waals surface area contributed by atoms with Gasteiger partial charge >= 0.3 is 5.82 Å². The number of anilines is 2. The van der Waals surface area contributed by atoms with Gasteiger partial charge in [-0.05, 0) is 29.9 Å². The van der Waals surface area contributed by atoms with Crippen LogP contribution in [0.3, 0.4) is 0 Å². The van der Waals surface area contributed by atoms with Crippen molar-refractivity contribution in [3.05, 3.63) is 51.0 Å². The number of aryl methyl sites for hydroxylation is 2. The third-order valence-electron chi connectivity index (χ3n) is 3.88. The number of amides is 1. The van der Waals surface area contributed by atoms with Crippen LogP contribution in [0.1, 0.15) is 11.1 Å². The normalized spacial score (nSPS) is 10.8. The molecule has 0 aliphatic carbocycles. The summed E-state index contributed by atoms with van der Waals surface area (Å²) in [4.78, 5) is 29.6. The number of benzene rings is 1. The summed E-state index contributed by atoms with van der Waals surface area (Å²) in [5.41, 5.74) is 2.69. The summed E-state index contributed by atoms with van der Waals surface area (Å²) in [6, 6.07) is 5.76. The number of fused-ring (bicyclic) bond motifs is 1. The fourth-order valence-electron chi connectivity index (χ4n) is 2.67. The first-order chi connectivity index (χ1) is 11.9. The van der Waals surface area contributed by atoms with E-state index in [2.05, 4.69) is 10.3 Å². The molecule has 2 heterocycles. The van der Waals surface area contributed by atoms with Crippen LogP contribution in [0.4, 0.5) is 17.3 Å². The number of thiazole rings is 1. The molecule has 2 aromatic heterocycles. The first-order valence-corrected chi connectivity index (χ1v) is 8.43. The highest BCUT2D eigenvalue weighted by molar-refractivity contribution is 7.15. The number of carbonyl (C=O) groups is 1. The monoisotopic (exact) mass is 359 g/mol. The van der Waals surface area contributed by atoms with Gasteiger partial charge in [0.05, 0.1) is 6.54 Å². The van der Waals surface area contributed by atoms with Crippen LogP contribution in [-0.4, -0.2) is 33.8 Å². The zero-order valence-corrected chi connectivity index (χ0v) is 14.8. The van der Waals surface area contributed by atoms with E-state index in [0.29, 0.717) is 4.96 Å². The van der Waals surface area contributed by atoms with E-state index in [-0.39, 0.29) is 24.1 Å². The molecule has 1 amide bonds. The molecule has 130 valence electrons. The number of nitrogens with one attached hydrogen (secondary N) is 1. The SMILES string of the molecule is Cc1cccc(C)c1NC(=O)CN(C)c1nc2sccn2c1[N+](=O)[O-]. The molecule has 0 aliphatic heterocycles. The van der Waals surface area contributed by atoms with Crippen LogP contribution in [0, 0.1) is 24.0 Å². The second kappa shape index (κ2) is 6.52. The van der Waals surface area contributed by atoms with Gasteiger partial charge in [-0.25, -0.2) is 0 Å². The van der Waals surface area contributed by atoms with Crippen molar-refractivity contribution < 1.29 is 9.72 Å². The van der Waals surface area contributed by atoms with E-state index in [1.54, 1.807) is 18.6 Å². The highest BCUT2D eigenvalue weighted by atomic mass is 32.1. The lowest BCUT2D eigenvalue weighted by Crippen LogP contribution is -2.31. The Bertz CT molecular complexity index is 942. The van der Waals surface area contributed by atoms with Crippen LogP contribution in [-0.2, 0) is 4.79 Å². The first-order valence-electron chi connectivity index (χ1n) is 7.55. The Labute approximate surface area is 147 Å². The summed E-state index contributed by atoms with van der Waals surface area (Å²) in [6.07, 6.45) is 1.60. The molecule has 25 heavy (non-hydrogen) atoms. The molecular formula is C16H17N5O3S. The number of nitrogens with zero attached hydrogens (tertiary/aromatic N) is 4.